The highest BCUT2D eigenvalue weighted by Crippen LogP contribution is 2.29. The van der Waals surface area contributed by atoms with E-state index in [0.29, 0.717) is 6.07 Å². The molecule has 0 aromatic heterocycles. The van der Waals surface area contributed by atoms with Crippen molar-refractivity contribution in [2.45, 2.75) is 6.92 Å². The van der Waals surface area contributed by atoms with Gasteiger partial charge in [0.1, 0.15) is 11.6 Å². The topological polar surface area (TPSA) is 50.1 Å². The van der Waals surface area contributed by atoms with Crippen molar-refractivity contribution in [2.75, 3.05) is 0 Å². The molecule has 2 aromatic carbocycles. The number of carbonyl (C=O) groups is 1. The molecular formula is C15H9F2NO2. The van der Waals surface area contributed by atoms with Crippen molar-refractivity contribution in [1.82, 2.24) is 0 Å². The number of ketones is 1. The molecule has 0 unspecified atom stereocenters. The highest BCUT2D eigenvalue weighted by Gasteiger charge is 2.13. The average Bonchev–Trinajstić information content (AvgIpc) is 2.41. The van der Waals surface area contributed by atoms with E-state index in [1.807, 2.05) is 6.07 Å². The molecule has 0 spiro atoms. The van der Waals surface area contributed by atoms with Crippen molar-refractivity contribution in [3.63, 3.8) is 0 Å². The molecule has 0 heterocycles. The van der Waals surface area contributed by atoms with Gasteiger partial charge in [-0.1, -0.05) is 0 Å². The molecule has 0 aliphatic carbocycles. The van der Waals surface area contributed by atoms with Gasteiger partial charge in [-0.3, -0.25) is 4.79 Å². The van der Waals surface area contributed by atoms with E-state index in [4.69, 9.17) is 10.00 Å². The summed E-state index contributed by atoms with van der Waals surface area (Å²) in [6.45, 7) is 1.33. The van der Waals surface area contributed by atoms with Gasteiger partial charge in [0.2, 0.25) is 0 Å². The summed E-state index contributed by atoms with van der Waals surface area (Å²) in [6.07, 6.45) is 0. The van der Waals surface area contributed by atoms with Gasteiger partial charge in [0, 0.05) is 6.07 Å². The lowest BCUT2D eigenvalue weighted by atomic mass is 10.1. The molecule has 3 nitrogen and oxygen atoms in total. The maximum atomic E-state index is 13.5. The lowest BCUT2D eigenvalue weighted by Crippen LogP contribution is -1.99. The van der Waals surface area contributed by atoms with Crippen LogP contribution >= 0.6 is 0 Å². The van der Waals surface area contributed by atoms with Crippen LogP contribution in [0.5, 0.6) is 11.5 Å². The third-order valence-corrected chi connectivity index (χ3v) is 2.60. The smallest absolute Gasteiger partial charge is 0.168 e. The van der Waals surface area contributed by atoms with Crippen molar-refractivity contribution in [3.8, 4) is 17.6 Å². The normalized spacial score (nSPS) is 9.90. The number of benzene rings is 2. The van der Waals surface area contributed by atoms with Gasteiger partial charge >= 0.3 is 0 Å². The van der Waals surface area contributed by atoms with Gasteiger partial charge < -0.3 is 4.74 Å². The maximum Gasteiger partial charge on any atom is 0.168 e. The van der Waals surface area contributed by atoms with Crippen molar-refractivity contribution < 1.29 is 18.3 Å². The Morgan fingerprint density at radius 3 is 2.50 bits per heavy atom. The van der Waals surface area contributed by atoms with Crippen LogP contribution in [0.25, 0.3) is 0 Å². The molecule has 0 bridgehead atoms. The van der Waals surface area contributed by atoms with Crippen LogP contribution in [0.3, 0.4) is 0 Å². The number of hydrogen-bond acceptors (Lipinski definition) is 3. The molecule has 20 heavy (non-hydrogen) atoms. The van der Waals surface area contributed by atoms with E-state index in [9.17, 15) is 13.6 Å². The van der Waals surface area contributed by atoms with E-state index in [2.05, 4.69) is 0 Å². The Labute approximate surface area is 114 Å². The van der Waals surface area contributed by atoms with Gasteiger partial charge in [0.15, 0.2) is 17.3 Å². The number of nitrogens with zero attached hydrogens (tertiary/aromatic N) is 1. The summed E-state index contributed by atoms with van der Waals surface area (Å²) in [5, 5.41) is 8.83. The van der Waals surface area contributed by atoms with E-state index in [-0.39, 0.29) is 28.4 Å². The summed E-state index contributed by atoms with van der Waals surface area (Å²) in [4.78, 5) is 11.5. The number of nitriles is 1. The molecule has 0 saturated carbocycles. The number of rotatable bonds is 3. The van der Waals surface area contributed by atoms with E-state index in [1.54, 1.807) is 0 Å². The lowest BCUT2D eigenvalue weighted by Gasteiger charge is -2.10. The molecule has 0 amide bonds. The quantitative estimate of drug-likeness (QED) is 0.798. The molecule has 0 aliphatic rings. The van der Waals surface area contributed by atoms with Gasteiger partial charge in [-0.15, -0.1) is 0 Å². The molecule has 100 valence electrons. The number of Topliss-reactive ketones (excluding diaryl/α,β-unsaturated/α-hetero) is 1. The summed E-state index contributed by atoms with van der Waals surface area (Å²) >= 11 is 0. The van der Waals surface area contributed by atoms with Crippen LogP contribution in [-0.2, 0) is 0 Å². The number of halogens is 2. The summed E-state index contributed by atoms with van der Waals surface area (Å²) in [7, 11) is 0. The Morgan fingerprint density at radius 1 is 1.15 bits per heavy atom. The van der Waals surface area contributed by atoms with Crippen molar-refractivity contribution >= 4 is 5.78 Å². The molecule has 0 N–H and O–H groups in total. The third-order valence-electron chi connectivity index (χ3n) is 2.60. The van der Waals surface area contributed by atoms with Crippen LogP contribution in [0.2, 0.25) is 0 Å². The zero-order chi connectivity index (χ0) is 14.7. The Kier molecular flexibility index (Phi) is 3.76. The highest BCUT2D eigenvalue weighted by molar-refractivity contribution is 5.97. The number of hydrogen-bond donors (Lipinski definition) is 0. The second kappa shape index (κ2) is 5.49. The second-order valence-corrected chi connectivity index (χ2v) is 4.06. The van der Waals surface area contributed by atoms with Crippen LogP contribution in [0.15, 0.2) is 36.4 Å². The Hall–Kier alpha value is -2.74. The minimum Gasteiger partial charge on any atom is -0.453 e. The summed E-state index contributed by atoms with van der Waals surface area (Å²) in [6, 6.07) is 8.96. The lowest BCUT2D eigenvalue weighted by molar-refractivity contribution is 0.101. The fourth-order valence-corrected chi connectivity index (χ4v) is 1.64. The molecule has 0 aliphatic heterocycles. The van der Waals surface area contributed by atoms with E-state index in [1.165, 1.54) is 25.1 Å². The SMILES string of the molecule is CC(=O)c1ccc(C#N)cc1Oc1ccc(F)cc1F. The van der Waals surface area contributed by atoms with Crippen LogP contribution in [-0.4, -0.2) is 5.78 Å². The van der Waals surface area contributed by atoms with E-state index in [0.717, 1.165) is 12.1 Å². The van der Waals surface area contributed by atoms with Crippen LogP contribution in [0.1, 0.15) is 22.8 Å². The van der Waals surface area contributed by atoms with E-state index < -0.39 is 11.6 Å². The first-order valence-electron chi connectivity index (χ1n) is 5.69. The van der Waals surface area contributed by atoms with E-state index >= 15 is 0 Å². The van der Waals surface area contributed by atoms with Gasteiger partial charge in [0.05, 0.1) is 17.2 Å². The van der Waals surface area contributed by atoms with Crippen molar-refractivity contribution in [3.05, 3.63) is 59.2 Å². The highest BCUT2D eigenvalue weighted by atomic mass is 19.1. The van der Waals surface area contributed by atoms with Crippen LogP contribution in [0, 0.1) is 23.0 Å². The maximum absolute atomic E-state index is 13.5. The van der Waals surface area contributed by atoms with Crippen molar-refractivity contribution in [2.24, 2.45) is 0 Å². The zero-order valence-electron chi connectivity index (χ0n) is 10.5. The van der Waals surface area contributed by atoms with Gasteiger partial charge in [0.25, 0.3) is 0 Å². The second-order valence-electron chi connectivity index (χ2n) is 4.06. The van der Waals surface area contributed by atoms with Gasteiger partial charge in [-0.05, 0) is 37.3 Å². The van der Waals surface area contributed by atoms with Crippen LogP contribution in [0.4, 0.5) is 8.78 Å². The molecule has 0 radical (unpaired) electrons. The Bertz CT molecular complexity index is 720. The minimum atomic E-state index is -0.887. The largest absolute Gasteiger partial charge is 0.453 e. The summed E-state index contributed by atoms with van der Waals surface area (Å²) in [5.41, 5.74) is 0.486. The molecule has 5 heteroatoms. The monoisotopic (exact) mass is 273 g/mol. The molecule has 2 rings (SSSR count). The summed E-state index contributed by atoms with van der Waals surface area (Å²) in [5.74, 6) is -2.06. The fourth-order valence-electron chi connectivity index (χ4n) is 1.64. The molecule has 0 atom stereocenters. The van der Waals surface area contributed by atoms with Crippen LogP contribution < -0.4 is 4.74 Å². The first-order valence-corrected chi connectivity index (χ1v) is 5.69. The standard InChI is InChI=1S/C15H9F2NO2/c1-9(19)12-4-2-10(8-18)6-15(12)20-14-5-3-11(16)7-13(14)17/h2-7H,1H3. The zero-order valence-corrected chi connectivity index (χ0v) is 10.5. The molecular weight excluding hydrogens is 264 g/mol. The van der Waals surface area contributed by atoms with Crippen molar-refractivity contribution in [1.29, 1.82) is 5.26 Å². The molecule has 0 saturated heterocycles. The summed E-state index contributed by atoms with van der Waals surface area (Å²) < 4.78 is 31.6. The Balaban J connectivity index is 2.46. The predicted molar refractivity (Wildman–Crippen MR) is 67.6 cm³/mol. The molecule has 0 fully saturated rings. The van der Waals surface area contributed by atoms with Gasteiger partial charge in [-0.25, -0.2) is 8.78 Å². The number of carbonyl (C=O) groups excluding carboxylic acids is 1. The third kappa shape index (κ3) is 2.81. The minimum absolute atomic E-state index is 0.0575. The average molecular weight is 273 g/mol. The van der Waals surface area contributed by atoms with Gasteiger partial charge in [-0.2, -0.15) is 5.26 Å². The fraction of sp³-hybridized carbons (Fsp3) is 0.0667. The number of ether oxygens (including phenoxy) is 1. The molecule has 2 aromatic rings. The first kappa shape index (κ1) is 13.7. The first-order chi connectivity index (χ1) is 9.51. The predicted octanol–water partition coefficient (Wildman–Crippen LogP) is 3.83. The Morgan fingerprint density at radius 2 is 1.90 bits per heavy atom.